The number of hydrogen-bond donors (Lipinski definition) is 2. The maximum atomic E-state index is 12.9. The Hall–Kier alpha value is -1.28. The van der Waals surface area contributed by atoms with Crippen molar-refractivity contribution in [3.05, 3.63) is 44.8 Å². The molecule has 0 saturated carbocycles. The number of nitrogens with two attached hydrogens (primary N) is 1. The van der Waals surface area contributed by atoms with Crippen LogP contribution in [0.2, 0.25) is 10.0 Å². The Kier molecular flexibility index (Phi) is 5.58. The summed E-state index contributed by atoms with van der Waals surface area (Å²) >= 11 is 13.4. The van der Waals surface area contributed by atoms with Crippen LogP contribution < -0.4 is 16.2 Å². The van der Waals surface area contributed by atoms with Crippen molar-refractivity contribution in [3.8, 4) is 0 Å². The molecule has 0 radical (unpaired) electrons. The first-order chi connectivity index (χ1) is 11.9. The summed E-state index contributed by atoms with van der Waals surface area (Å²) in [5.41, 5.74) is 4.85. The van der Waals surface area contributed by atoms with Gasteiger partial charge in [-0.05, 0) is 25.0 Å². The summed E-state index contributed by atoms with van der Waals surface area (Å²) in [5, 5.41) is 1.44. The molecule has 0 unspecified atom stereocenters. The van der Waals surface area contributed by atoms with Crippen LogP contribution in [0.1, 0.15) is 12.8 Å². The highest BCUT2D eigenvalue weighted by molar-refractivity contribution is 7.99. The van der Waals surface area contributed by atoms with Crippen LogP contribution in [0.25, 0.3) is 0 Å². The lowest BCUT2D eigenvalue weighted by Gasteiger charge is -2.37. The standard InChI is InChI=1S/C16H17Cl2FN4OS/c17-10-2-1-3-11(13(10)18)25-12-8-21-14(15(24)22-12)23-6-4-16(20,9-19)5-7-23/h1-3,8H,4-7,9,20H2,(H,22,24). The zero-order chi connectivity index (χ0) is 18.0. The Morgan fingerprint density at radius 2 is 2.08 bits per heavy atom. The van der Waals surface area contributed by atoms with Gasteiger partial charge in [-0.15, -0.1) is 0 Å². The lowest BCUT2D eigenvalue weighted by atomic mass is 9.90. The Balaban J connectivity index is 1.76. The van der Waals surface area contributed by atoms with E-state index >= 15 is 0 Å². The number of H-pyrrole nitrogens is 1. The zero-order valence-electron chi connectivity index (χ0n) is 13.3. The maximum Gasteiger partial charge on any atom is 0.291 e. The molecule has 1 saturated heterocycles. The molecule has 5 nitrogen and oxygen atoms in total. The highest BCUT2D eigenvalue weighted by Gasteiger charge is 2.31. The highest BCUT2D eigenvalue weighted by Crippen LogP contribution is 2.36. The number of nitrogens with one attached hydrogen (secondary N) is 1. The molecule has 3 N–H and O–H groups in total. The van der Waals surface area contributed by atoms with Crippen LogP contribution in [0.5, 0.6) is 0 Å². The molecule has 1 aliphatic rings. The topological polar surface area (TPSA) is 75.0 Å². The number of anilines is 1. The number of piperidine rings is 1. The molecule has 0 atom stereocenters. The first kappa shape index (κ1) is 18.5. The van der Waals surface area contributed by atoms with Gasteiger partial charge >= 0.3 is 0 Å². The Morgan fingerprint density at radius 3 is 2.72 bits per heavy atom. The van der Waals surface area contributed by atoms with Crippen LogP contribution in [0.4, 0.5) is 10.2 Å². The van der Waals surface area contributed by atoms with Crippen LogP contribution >= 0.6 is 35.0 Å². The first-order valence-electron chi connectivity index (χ1n) is 7.73. The first-order valence-corrected chi connectivity index (χ1v) is 9.30. The van der Waals surface area contributed by atoms with Crippen molar-refractivity contribution in [3.63, 3.8) is 0 Å². The third-order valence-electron chi connectivity index (χ3n) is 4.20. The van der Waals surface area contributed by atoms with Gasteiger partial charge < -0.3 is 15.6 Å². The number of aromatic nitrogens is 2. The Morgan fingerprint density at radius 1 is 1.36 bits per heavy atom. The Bertz CT molecular complexity index is 824. The van der Waals surface area contributed by atoms with Crippen molar-refractivity contribution >= 4 is 40.8 Å². The molecule has 2 aromatic rings. The zero-order valence-corrected chi connectivity index (χ0v) is 15.6. The predicted molar refractivity (Wildman–Crippen MR) is 99.8 cm³/mol. The predicted octanol–water partition coefficient (Wildman–Crippen LogP) is 3.50. The molecular formula is C16H17Cl2FN4OS. The van der Waals surface area contributed by atoms with Crippen LogP contribution in [0.3, 0.4) is 0 Å². The molecule has 1 aromatic heterocycles. The van der Waals surface area contributed by atoms with E-state index in [2.05, 4.69) is 9.97 Å². The minimum absolute atomic E-state index is 0.298. The minimum atomic E-state index is -0.789. The maximum absolute atomic E-state index is 12.9. The molecular weight excluding hydrogens is 386 g/mol. The SMILES string of the molecule is NC1(CF)CCN(c2ncc(Sc3cccc(Cl)c3Cl)[nH]c2=O)CC1. The molecule has 9 heteroatoms. The fourth-order valence-corrected chi connectivity index (χ4v) is 3.94. The van der Waals surface area contributed by atoms with E-state index in [1.54, 1.807) is 18.3 Å². The van der Waals surface area contributed by atoms with E-state index < -0.39 is 12.2 Å². The van der Waals surface area contributed by atoms with Crippen LogP contribution in [-0.2, 0) is 0 Å². The molecule has 134 valence electrons. The monoisotopic (exact) mass is 402 g/mol. The van der Waals surface area contributed by atoms with Gasteiger partial charge in [0.1, 0.15) is 6.67 Å². The number of alkyl halides is 1. The molecule has 0 spiro atoms. The van der Waals surface area contributed by atoms with Crippen molar-refractivity contribution in [2.75, 3.05) is 24.7 Å². The molecule has 2 heterocycles. The smallest absolute Gasteiger partial charge is 0.291 e. The summed E-state index contributed by atoms with van der Waals surface area (Å²) in [5.74, 6) is 0.322. The lowest BCUT2D eigenvalue weighted by Crippen LogP contribution is -2.53. The number of hydrogen-bond acceptors (Lipinski definition) is 5. The van der Waals surface area contributed by atoms with Gasteiger partial charge in [0.2, 0.25) is 0 Å². The van der Waals surface area contributed by atoms with E-state index in [-0.39, 0.29) is 5.56 Å². The van der Waals surface area contributed by atoms with E-state index in [1.165, 1.54) is 11.8 Å². The van der Waals surface area contributed by atoms with Gasteiger partial charge in [-0.2, -0.15) is 0 Å². The minimum Gasteiger partial charge on any atom is -0.352 e. The van der Waals surface area contributed by atoms with Gasteiger partial charge in [-0.25, -0.2) is 9.37 Å². The second kappa shape index (κ2) is 7.53. The number of halogens is 3. The quantitative estimate of drug-likeness (QED) is 0.818. The third kappa shape index (κ3) is 4.11. The van der Waals surface area contributed by atoms with Crippen molar-refractivity contribution in [1.82, 2.24) is 9.97 Å². The van der Waals surface area contributed by atoms with E-state index in [4.69, 9.17) is 28.9 Å². The normalized spacial score (nSPS) is 16.9. The van der Waals surface area contributed by atoms with Crippen molar-refractivity contribution < 1.29 is 4.39 Å². The average molecular weight is 403 g/mol. The van der Waals surface area contributed by atoms with Crippen LogP contribution in [0.15, 0.2) is 39.1 Å². The third-order valence-corrected chi connectivity index (χ3v) is 6.12. The summed E-state index contributed by atoms with van der Waals surface area (Å²) in [7, 11) is 0. The number of benzene rings is 1. The fraction of sp³-hybridized carbons (Fsp3) is 0.375. The molecule has 1 aromatic carbocycles. The fourth-order valence-electron chi connectivity index (χ4n) is 2.63. The van der Waals surface area contributed by atoms with E-state index in [0.29, 0.717) is 46.8 Å². The molecule has 0 aliphatic carbocycles. The summed E-state index contributed by atoms with van der Waals surface area (Å²) in [6.45, 7) is 0.451. The van der Waals surface area contributed by atoms with Gasteiger partial charge in [0.15, 0.2) is 5.82 Å². The lowest BCUT2D eigenvalue weighted by molar-refractivity contribution is 0.254. The second-order valence-corrected chi connectivity index (χ2v) is 7.91. The van der Waals surface area contributed by atoms with E-state index in [0.717, 1.165) is 4.90 Å². The number of aromatic amines is 1. The molecule has 0 amide bonds. The molecule has 25 heavy (non-hydrogen) atoms. The molecule has 0 bridgehead atoms. The van der Waals surface area contributed by atoms with Crippen molar-refractivity contribution in [2.45, 2.75) is 28.3 Å². The molecule has 3 rings (SSSR count). The average Bonchev–Trinajstić information content (AvgIpc) is 2.60. The second-order valence-electron chi connectivity index (χ2n) is 6.04. The summed E-state index contributed by atoms with van der Waals surface area (Å²) < 4.78 is 12.9. The van der Waals surface area contributed by atoms with Gasteiger partial charge in [0.05, 0.1) is 21.3 Å². The van der Waals surface area contributed by atoms with E-state index in [9.17, 15) is 9.18 Å². The molecule has 1 aliphatic heterocycles. The highest BCUT2D eigenvalue weighted by atomic mass is 35.5. The number of nitrogens with zero attached hydrogens (tertiary/aromatic N) is 2. The van der Waals surface area contributed by atoms with Crippen molar-refractivity contribution in [2.24, 2.45) is 5.73 Å². The largest absolute Gasteiger partial charge is 0.352 e. The van der Waals surface area contributed by atoms with Gasteiger partial charge in [-0.1, -0.05) is 41.0 Å². The summed E-state index contributed by atoms with van der Waals surface area (Å²) in [4.78, 5) is 22.0. The molecule has 1 fully saturated rings. The van der Waals surface area contributed by atoms with Gasteiger partial charge in [0, 0.05) is 23.5 Å². The van der Waals surface area contributed by atoms with Crippen LogP contribution in [-0.4, -0.2) is 35.3 Å². The van der Waals surface area contributed by atoms with Crippen molar-refractivity contribution in [1.29, 1.82) is 0 Å². The van der Waals surface area contributed by atoms with Crippen LogP contribution in [0, 0.1) is 0 Å². The number of rotatable bonds is 4. The Labute approximate surface area is 158 Å². The summed E-state index contributed by atoms with van der Waals surface area (Å²) in [6, 6.07) is 5.30. The van der Waals surface area contributed by atoms with E-state index in [1.807, 2.05) is 11.0 Å². The van der Waals surface area contributed by atoms with Gasteiger partial charge in [0.25, 0.3) is 5.56 Å². The van der Waals surface area contributed by atoms with Gasteiger partial charge in [-0.3, -0.25) is 4.79 Å². The summed E-state index contributed by atoms with van der Waals surface area (Å²) in [6.07, 6.45) is 2.55.